The third-order valence-electron chi connectivity index (χ3n) is 7.43. The third-order valence-corrected chi connectivity index (χ3v) is 9.30. The van der Waals surface area contributed by atoms with Crippen LogP contribution in [0.15, 0.2) is 88.7 Å². The molecule has 0 aromatic heterocycles. The molecule has 1 N–H and O–H groups in total. The predicted octanol–water partition coefficient (Wildman–Crippen LogP) is 6.00. The Balaban J connectivity index is 0.00000529. The number of rotatable bonds is 10. The highest BCUT2D eigenvalue weighted by Gasteiger charge is 2.35. The van der Waals surface area contributed by atoms with Gasteiger partial charge in [-0.2, -0.15) is 0 Å². The Morgan fingerprint density at radius 1 is 0.932 bits per heavy atom. The highest BCUT2D eigenvalue weighted by Crippen LogP contribution is 2.30. The molecule has 0 saturated carbocycles. The van der Waals surface area contributed by atoms with Crippen LogP contribution in [0.5, 0.6) is 5.75 Å². The summed E-state index contributed by atoms with van der Waals surface area (Å²) in [4.78, 5) is 33.6. The second-order valence-electron chi connectivity index (χ2n) is 11.6. The molecule has 0 unspecified atom stereocenters. The monoisotopic (exact) mass is 644 g/mol. The molecule has 3 aromatic carbocycles. The molecule has 1 atom stereocenters. The number of hydroxylamine groups is 1. The van der Waals surface area contributed by atoms with Gasteiger partial charge < -0.3 is 19.2 Å². The van der Waals surface area contributed by atoms with E-state index in [-0.39, 0.29) is 40.8 Å². The molecule has 11 heteroatoms. The van der Waals surface area contributed by atoms with Gasteiger partial charge in [0.15, 0.2) is 0 Å². The minimum absolute atomic E-state index is 0. The van der Waals surface area contributed by atoms with Crippen molar-refractivity contribution in [2.24, 2.45) is 11.8 Å². The number of amides is 1. The molecule has 4 rings (SSSR count). The minimum Gasteiger partial charge on any atom is -0.497 e. The molecule has 0 bridgehead atoms. The van der Waals surface area contributed by atoms with Crippen molar-refractivity contribution in [1.82, 2.24) is 10.4 Å². The normalized spacial score (nSPS) is 14.7. The summed E-state index contributed by atoms with van der Waals surface area (Å²) in [6, 6.07) is 22.6. The standard InChI is InChI=1S/C33H40N2O7S.ClH/c1-33(2,3)41-32(37)35-20-18-25(19-21-35)29(22-24-10-6-5-7-11-24)31(36)42-34-23-26-12-8-9-13-30(26)43(38,39)28-16-14-27(40-4)15-17-28;/h5-17,25,29,34H,18-23H2,1-4H3;1H/t29-;/m1./s1. The molecule has 1 saturated heterocycles. The van der Waals surface area contributed by atoms with Gasteiger partial charge >= 0.3 is 12.1 Å². The number of carbonyl (C=O) groups is 2. The van der Waals surface area contributed by atoms with Crippen molar-refractivity contribution < 1.29 is 32.3 Å². The molecule has 1 heterocycles. The molecule has 1 aliphatic rings. The lowest BCUT2D eigenvalue weighted by atomic mass is 9.81. The van der Waals surface area contributed by atoms with Crippen LogP contribution in [0.4, 0.5) is 4.79 Å². The lowest BCUT2D eigenvalue weighted by Crippen LogP contribution is -2.44. The van der Waals surface area contributed by atoms with Crippen LogP contribution in [0.1, 0.15) is 44.7 Å². The van der Waals surface area contributed by atoms with Gasteiger partial charge in [0, 0.05) is 13.1 Å². The van der Waals surface area contributed by atoms with Crippen LogP contribution < -0.4 is 10.2 Å². The molecule has 0 aliphatic carbocycles. The van der Waals surface area contributed by atoms with E-state index in [0.29, 0.717) is 43.7 Å². The Morgan fingerprint density at radius 3 is 2.16 bits per heavy atom. The highest BCUT2D eigenvalue weighted by molar-refractivity contribution is 7.91. The second-order valence-corrected chi connectivity index (χ2v) is 13.5. The van der Waals surface area contributed by atoms with Gasteiger partial charge in [-0.15, -0.1) is 17.9 Å². The van der Waals surface area contributed by atoms with Crippen LogP contribution in [0, 0.1) is 11.8 Å². The van der Waals surface area contributed by atoms with Gasteiger partial charge in [0.2, 0.25) is 9.84 Å². The average molecular weight is 645 g/mol. The van der Waals surface area contributed by atoms with Gasteiger partial charge in [0.1, 0.15) is 11.4 Å². The maximum atomic E-state index is 13.5. The lowest BCUT2D eigenvalue weighted by Gasteiger charge is -2.36. The van der Waals surface area contributed by atoms with Gasteiger partial charge in [0.05, 0.1) is 29.4 Å². The van der Waals surface area contributed by atoms with Crippen molar-refractivity contribution in [3.8, 4) is 5.75 Å². The van der Waals surface area contributed by atoms with Crippen molar-refractivity contribution in [3.05, 3.63) is 90.0 Å². The maximum Gasteiger partial charge on any atom is 0.410 e. The Morgan fingerprint density at radius 2 is 1.55 bits per heavy atom. The Bertz CT molecular complexity index is 1480. The van der Waals surface area contributed by atoms with Crippen molar-refractivity contribution >= 4 is 34.3 Å². The SMILES string of the molecule is COc1ccc(S(=O)(=O)c2ccccc2CNOC(=O)[C@H](Cc2ccccc2)C2CCN(C(=O)OC(C)(C)C)CC2)cc1.Cl. The molecule has 0 spiro atoms. The van der Waals surface area contributed by atoms with Crippen LogP contribution in [-0.4, -0.2) is 51.2 Å². The fourth-order valence-corrected chi connectivity index (χ4v) is 6.67. The van der Waals surface area contributed by atoms with E-state index in [0.717, 1.165) is 5.56 Å². The fourth-order valence-electron chi connectivity index (χ4n) is 5.18. The maximum absolute atomic E-state index is 13.5. The van der Waals surface area contributed by atoms with Crippen molar-refractivity contribution in [2.45, 2.75) is 62.0 Å². The number of benzene rings is 3. The minimum atomic E-state index is -3.82. The molecule has 0 radical (unpaired) electrons. The number of halogens is 1. The van der Waals surface area contributed by atoms with E-state index in [9.17, 15) is 18.0 Å². The van der Waals surface area contributed by atoms with E-state index >= 15 is 0 Å². The van der Waals surface area contributed by atoms with E-state index < -0.39 is 27.3 Å². The van der Waals surface area contributed by atoms with Crippen LogP contribution in [-0.2, 0) is 37.2 Å². The summed E-state index contributed by atoms with van der Waals surface area (Å²) in [5.74, 6) is -0.318. The largest absolute Gasteiger partial charge is 0.497 e. The number of likely N-dealkylation sites (tertiary alicyclic amines) is 1. The first kappa shape index (κ1) is 34.9. The average Bonchev–Trinajstić information content (AvgIpc) is 3.00. The summed E-state index contributed by atoms with van der Waals surface area (Å²) in [5, 5.41) is 0. The summed E-state index contributed by atoms with van der Waals surface area (Å²) in [7, 11) is -2.30. The van der Waals surface area contributed by atoms with E-state index in [2.05, 4.69) is 5.48 Å². The van der Waals surface area contributed by atoms with Crippen molar-refractivity contribution in [1.29, 1.82) is 0 Å². The first-order valence-electron chi connectivity index (χ1n) is 14.4. The summed E-state index contributed by atoms with van der Waals surface area (Å²) >= 11 is 0. The molecule has 238 valence electrons. The Labute approximate surface area is 266 Å². The highest BCUT2D eigenvalue weighted by atomic mass is 35.5. The van der Waals surface area contributed by atoms with E-state index in [1.165, 1.54) is 25.3 Å². The van der Waals surface area contributed by atoms with E-state index in [1.807, 2.05) is 51.1 Å². The zero-order chi connectivity index (χ0) is 31.0. The van der Waals surface area contributed by atoms with E-state index in [4.69, 9.17) is 14.3 Å². The second kappa shape index (κ2) is 15.4. The zero-order valence-corrected chi connectivity index (χ0v) is 27.2. The van der Waals surface area contributed by atoms with Crippen LogP contribution >= 0.6 is 12.4 Å². The quantitative estimate of drug-likeness (QED) is 0.268. The number of carbonyl (C=O) groups excluding carboxylic acids is 2. The Hall–Kier alpha value is -3.60. The third kappa shape index (κ3) is 9.20. The molecule has 1 amide bonds. The Kier molecular flexibility index (Phi) is 12.2. The van der Waals surface area contributed by atoms with Crippen LogP contribution in [0.3, 0.4) is 0 Å². The fraction of sp³-hybridized carbons (Fsp3) is 0.394. The van der Waals surface area contributed by atoms with Crippen molar-refractivity contribution in [3.63, 3.8) is 0 Å². The number of hydrogen-bond donors (Lipinski definition) is 1. The number of sulfone groups is 1. The first-order valence-corrected chi connectivity index (χ1v) is 15.9. The molecule has 1 aliphatic heterocycles. The summed E-state index contributed by atoms with van der Waals surface area (Å²) in [6.07, 6.45) is 1.41. The topological polar surface area (TPSA) is 111 Å². The summed E-state index contributed by atoms with van der Waals surface area (Å²) in [6.45, 7) is 6.49. The smallest absolute Gasteiger partial charge is 0.410 e. The molecule has 3 aromatic rings. The van der Waals surface area contributed by atoms with Gasteiger partial charge in [-0.3, -0.25) is 4.79 Å². The number of nitrogens with zero attached hydrogens (tertiary/aromatic N) is 1. The predicted molar refractivity (Wildman–Crippen MR) is 169 cm³/mol. The van der Waals surface area contributed by atoms with Gasteiger partial charge in [-0.1, -0.05) is 48.5 Å². The lowest BCUT2D eigenvalue weighted by molar-refractivity contribution is -0.159. The molecular weight excluding hydrogens is 604 g/mol. The number of methoxy groups -OCH3 is 1. The zero-order valence-electron chi connectivity index (χ0n) is 25.5. The molecule has 1 fully saturated rings. The summed E-state index contributed by atoms with van der Waals surface area (Å²) < 4.78 is 37.5. The van der Waals surface area contributed by atoms with E-state index in [1.54, 1.807) is 35.2 Å². The number of ether oxygens (including phenoxy) is 2. The van der Waals surface area contributed by atoms with Crippen LogP contribution in [0.2, 0.25) is 0 Å². The summed E-state index contributed by atoms with van der Waals surface area (Å²) in [5.41, 5.74) is 3.62. The first-order chi connectivity index (χ1) is 20.5. The molecule has 44 heavy (non-hydrogen) atoms. The van der Waals surface area contributed by atoms with Gasteiger partial charge in [-0.05, 0) is 87.4 Å². The molecule has 9 nitrogen and oxygen atoms in total. The van der Waals surface area contributed by atoms with Gasteiger partial charge in [0.25, 0.3) is 0 Å². The number of nitrogens with one attached hydrogen (secondary N) is 1. The van der Waals surface area contributed by atoms with Gasteiger partial charge in [-0.25, -0.2) is 13.2 Å². The number of hydrogen-bond acceptors (Lipinski definition) is 8. The number of piperidine rings is 1. The van der Waals surface area contributed by atoms with Crippen LogP contribution in [0.25, 0.3) is 0 Å². The van der Waals surface area contributed by atoms with Crippen molar-refractivity contribution in [2.75, 3.05) is 20.2 Å². The molecular formula is C33H41ClN2O7S.